The Bertz CT molecular complexity index is 1090. The van der Waals surface area contributed by atoms with Crippen molar-refractivity contribution in [2.24, 2.45) is 0 Å². The Morgan fingerprint density at radius 3 is 2.30 bits per heavy atom. The predicted molar refractivity (Wildman–Crippen MR) is 123 cm³/mol. The Labute approximate surface area is 191 Å². The van der Waals surface area contributed by atoms with Gasteiger partial charge in [-0.1, -0.05) is 48.5 Å². The van der Waals surface area contributed by atoms with Gasteiger partial charge in [0.1, 0.15) is 23.8 Å². The van der Waals surface area contributed by atoms with Crippen LogP contribution in [0.15, 0.2) is 66.7 Å². The molecule has 7 nitrogen and oxygen atoms in total. The maximum absolute atomic E-state index is 13.3. The number of anilines is 1. The summed E-state index contributed by atoms with van der Waals surface area (Å²) in [6.45, 7) is 1.98. The molecule has 3 rings (SSSR count). The molecule has 0 radical (unpaired) electrons. The Morgan fingerprint density at radius 2 is 1.64 bits per heavy atom. The minimum Gasteiger partial charge on any atom is -0.384 e. The lowest BCUT2D eigenvalue weighted by Crippen LogP contribution is -2.51. The number of hydrogen-bond acceptors (Lipinski definition) is 5. The molecule has 33 heavy (non-hydrogen) atoms. The Hall–Kier alpha value is -3.78. The number of amides is 2. The largest absolute Gasteiger partial charge is 0.384 e. The van der Waals surface area contributed by atoms with Crippen molar-refractivity contribution in [1.82, 2.24) is 15.6 Å². The summed E-state index contributed by atoms with van der Waals surface area (Å²) in [7, 11) is 0. The van der Waals surface area contributed by atoms with Crippen molar-refractivity contribution in [2.75, 3.05) is 5.73 Å². The van der Waals surface area contributed by atoms with Crippen molar-refractivity contribution in [1.29, 1.82) is 0 Å². The monoisotopic (exact) mass is 450 g/mol. The molecule has 0 bridgehead atoms. The van der Waals surface area contributed by atoms with E-state index in [0.717, 1.165) is 11.1 Å². The van der Waals surface area contributed by atoms with E-state index >= 15 is 0 Å². The van der Waals surface area contributed by atoms with Crippen molar-refractivity contribution in [3.8, 4) is 0 Å². The van der Waals surface area contributed by atoms with Gasteiger partial charge in [-0.2, -0.15) is 0 Å². The minimum absolute atomic E-state index is 0.119. The molecule has 0 saturated carbocycles. The highest BCUT2D eigenvalue weighted by molar-refractivity contribution is 5.89. The van der Waals surface area contributed by atoms with Gasteiger partial charge in [-0.25, -0.2) is 9.37 Å². The fraction of sp³-hybridized carbons (Fsp3) is 0.240. The Balaban J connectivity index is 1.69. The van der Waals surface area contributed by atoms with Gasteiger partial charge >= 0.3 is 0 Å². The summed E-state index contributed by atoms with van der Waals surface area (Å²) in [5, 5.41) is 15.8. The zero-order valence-electron chi connectivity index (χ0n) is 18.3. The fourth-order valence-corrected chi connectivity index (χ4v) is 3.37. The minimum atomic E-state index is -1.32. The van der Waals surface area contributed by atoms with E-state index < -0.39 is 29.8 Å². The van der Waals surface area contributed by atoms with Gasteiger partial charge in [0.25, 0.3) is 0 Å². The maximum Gasteiger partial charge on any atom is 0.249 e. The first-order valence-electron chi connectivity index (χ1n) is 10.6. The fourth-order valence-electron chi connectivity index (χ4n) is 3.37. The number of carbonyl (C=O) groups excluding carboxylic acids is 2. The standard InChI is InChI=1S/C25H27FN4O3/c1-16-19(9-12-23(27)29-16)15-28-24(32)21(13-18-7-10-20(26)11-8-18)30-25(33)22(31)14-17-5-3-2-4-6-17/h2-12,21-22,31H,13-15H2,1H3,(H2,27,29)(H,28,32)(H,30,33)/t21-,22?/m0/s1. The second-order valence-electron chi connectivity index (χ2n) is 7.80. The average molecular weight is 451 g/mol. The van der Waals surface area contributed by atoms with Gasteiger partial charge in [0.15, 0.2) is 0 Å². The van der Waals surface area contributed by atoms with Gasteiger partial charge in [-0.15, -0.1) is 0 Å². The lowest BCUT2D eigenvalue weighted by atomic mass is 10.0. The average Bonchev–Trinajstić information content (AvgIpc) is 2.80. The molecule has 1 unspecified atom stereocenters. The van der Waals surface area contributed by atoms with Gasteiger partial charge in [0.2, 0.25) is 11.8 Å². The number of pyridine rings is 1. The van der Waals surface area contributed by atoms with Gasteiger partial charge in [0, 0.05) is 25.1 Å². The molecular formula is C25H27FN4O3. The summed E-state index contributed by atoms with van der Waals surface area (Å²) in [5.41, 5.74) is 8.61. The number of halogens is 1. The van der Waals surface area contributed by atoms with Crippen molar-refractivity contribution in [2.45, 2.75) is 38.5 Å². The van der Waals surface area contributed by atoms with Crippen LogP contribution in [-0.4, -0.2) is 34.1 Å². The van der Waals surface area contributed by atoms with E-state index in [4.69, 9.17) is 5.73 Å². The predicted octanol–water partition coefficient (Wildman–Crippen LogP) is 2.06. The number of nitrogens with zero attached hydrogens (tertiary/aromatic N) is 1. The van der Waals surface area contributed by atoms with Crippen molar-refractivity contribution in [3.05, 3.63) is 94.9 Å². The van der Waals surface area contributed by atoms with Gasteiger partial charge in [-0.3, -0.25) is 9.59 Å². The summed E-state index contributed by atoms with van der Waals surface area (Å²) in [6, 6.07) is 17.2. The highest BCUT2D eigenvalue weighted by Gasteiger charge is 2.25. The highest BCUT2D eigenvalue weighted by atomic mass is 19.1. The Morgan fingerprint density at radius 1 is 0.970 bits per heavy atom. The third-order valence-electron chi connectivity index (χ3n) is 5.23. The molecule has 5 N–H and O–H groups in total. The van der Waals surface area contributed by atoms with E-state index in [9.17, 15) is 19.1 Å². The van der Waals surface area contributed by atoms with Gasteiger partial charge < -0.3 is 21.5 Å². The summed E-state index contributed by atoms with van der Waals surface area (Å²) in [5.74, 6) is -1.10. The maximum atomic E-state index is 13.3. The number of benzene rings is 2. The van der Waals surface area contributed by atoms with E-state index in [0.29, 0.717) is 17.1 Å². The van der Waals surface area contributed by atoms with Crippen molar-refractivity contribution < 1.29 is 19.1 Å². The number of hydrogen-bond donors (Lipinski definition) is 4. The number of carbonyl (C=O) groups is 2. The van der Waals surface area contributed by atoms with E-state index in [1.54, 1.807) is 31.2 Å². The molecule has 0 aliphatic heterocycles. The third-order valence-corrected chi connectivity index (χ3v) is 5.23. The summed E-state index contributed by atoms with van der Waals surface area (Å²) in [4.78, 5) is 29.8. The molecule has 0 aliphatic rings. The van der Waals surface area contributed by atoms with Crippen LogP contribution in [0.4, 0.5) is 10.2 Å². The van der Waals surface area contributed by atoms with E-state index in [1.807, 2.05) is 30.3 Å². The molecule has 0 spiro atoms. The number of aryl methyl sites for hydroxylation is 1. The topological polar surface area (TPSA) is 117 Å². The molecule has 172 valence electrons. The van der Waals surface area contributed by atoms with E-state index in [2.05, 4.69) is 15.6 Å². The smallest absolute Gasteiger partial charge is 0.249 e. The SMILES string of the molecule is Cc1nc(N)ccc1CNC(=O)[C@H](Cc1ccc(F)cc1)NC(=O)C(O)Cc1ccccc1. The number of aliphatic hydroxyl groups excluding tert-OH is 1. The van der Waals surface area contributed by atoms with E-state index in [-0.39, 0.29) is 19.4 Å². The number of nitrogen functional groups attached to an aromatic ring is 1. The number of nitrogens with two attached hydrogens (primary N) is 1. The zero-order valence-corrected chi connectivity index (χ0v) is 18.3. The first-order valence-corrected chi connectivity index (χ1v) is 10.6. The number of rotatable bonds is 9. The van der Waals surface area contributed by atoms with Crippen LogP contribution in [0.1, 0.15) is 22.4 Å². The first-order chi connectivity index (χ1) is 15.8. The second kappa shape index (κ2) is 11.2. The first kappa shape index (κ1) is 23.9. The van der Waals surface area contributed by atoms with E-state index in [1.165, 1.54) is 12.1 Å². The Kier molecular flexibility index (Phi) is 8.10. The lowest BCUT2D eigenvalue weighted by molar-refractivity contribution is -0.134. The molecule has 3 aromatic rings. The molecular weight excluding hydrogens is 423 g/mol. The van der Waals surface area contributed by atoms with Gasteiger partial charge in [-0.05, 0) is 41.8 Å². The number of aliphatic hydroxyl groups is 1. The molecule has 2 atom stereocenters. The molecule has 2 amide bonds. The molecule has 8 heteroatoms. The lowest BCUT2D eigenvalue weighted by Gasteiger charge is -2.21. The highest BCUT2D eigenvalue weighted by Crippen LogP contribution is 2.10. The molecule has 0 aliphatic carbocycles. The molecule has 0 fully saturated rings. The third kappa shape index (κ3) is 7.11. The van der Waals surface area contributed by atoms with Crippen LogP contribution in [0.5, 0.6) is 0 Å². The zero-order chi connectivity index (χ0) is 23.8. The van der Waals surface area contributed by atoms with Crippen LogP contribution in [0.25, 0.3) is 0 Å². The van der Waals surface area contributed by atoms with Crippen molar-refractivity contribution >= 4 is 17.6 Å². The second-order valence-corrected chi connectivity index (χ2v) is 7.80. The molecule has 1 heterocycles. The van der Waals surface area contributed by atoms with Crippen LogP contribution in [0.3, 0.4) is 0 Å². The molecule has 0 saturated heterocycles. The normalized spacial score (nSPS) is 12.6. The quantitative estimate of drug-likeness (QED) is 0.398. The van der Waals surface area contributed by atoms with Crippen LogP contribution in [0, 0.1) is 12.7 Å². The van der Waals surface area contributed by atoms with Crippen LogP contribution in [-0.2, 0) is 29.0 Å². The summed E-state index contributed by atoms with van der Waals surface area (Å²) >= 11 is 0. The van der Waals surface area contributed by atoms with Gasteiger partial charge in [0.05, 0.1) is 0 Å². The molecule has 2 aromatic carbocycles. The summed E-state index contributed by atoms with van der Waals surface area (Å²) in [6.07, 6.45) is -1.07. The summed E-state index contributed by atoms with van der Waals surface area (Å²) < 4.78 is 13.3. The van der Waals surface area contributed by atoms with Crippen LogP contribution in [0.2, 0.25) is 0 Å². The number of nitrogens with one attached hydrogen (secondary N) is 2. The van der Waals surface area contributed by atoms with Crippen LogP contribution >= 0.6 is 0 Å². The van der Waals surface area contributed by atoms with Crippen molar-refractivity contribution in [3.63, 3.8) is 0 Å². The molecule has 1 aromatic heterocycles. The van der Waals surface area contributed by atoms with Crippen LogP contribution < -0.4 is 16.4 Å². The number of aromatic nitrogens is 1.